The lowest BCUT2D eigenvalue weighted by molar-refractivity contribution is 0.112. The van der Waals surface area contributed by atoms with E-state index in [1.807, 2.05) is 24.6 Å². The van der Waals surface area contributed by atoms with Crippen LogP contribution >= 0.6 is 0 Å². The van der Waals surface area contributed by atoms with Crippen LogP contribution in [0.15, 0.2) is 72.9 Å². The van der Waals surface area contributed by atoms with Crippen LogP contribution < -0.4 is 10.6 Å². The van der Waals surface area contributed by atoms with Crippen molar-refractivity contribution in [1.29, 1.82) is 0 Å². The molecule has 0 aromatic carbocycles. The van der Waals surface area contributed by atoms with Gasteiger partial charge in [0.2, 0.25) is 0 Å². The second-order valence-corrected chi connectivity index (χ2v) is 9.70. The van der Waals surface area contributed by atoms with Crippen molar-refractivity contribution in [2.24, 2.45) is 5.41 Å². The lowest BCUT2D eigenvalue weighted by Gasteiger charge is -2.42. The predicted octanol–water partition coefficient (Wildman–Crippen LogP) is 4.82. The minimum absolute atomic E-state index is 0.0611. The van der Waals surface area contributed by atoms with E-state index >= 15 is 0 Å². The number of allylic oxidation sites excluding steroid dienone is 4. The van der Waals surface area contributed by atoms with Gasteiger partial charge in [-0.3, -0.25) is 4.90 Å². The molecule has 6 heteroatoms. The van der Waals surface area contributed by atoms with E-state index < -0.39 is 0 Å². The van der Waals surface area contributed by atoms with Crippen molar-refractivity contribution in [1.82, 2.24) is 20.1 Å². The first-order chi connectivity index (χ1) is 17.9. The number of hydrogen-bond acceptors (Lipinski definition) is 5. The first-order valence-electron chi connectivity index (χ1n) is 13.2. The predicted molar refractivity (Wildman–Crippen MR) is 155 cm³/mol. The number of aromatic nitrogens is 1. The zero-order chi connectivity index (χ0) is 27.1. The molecule has 0 saturated carbocycles. The van der Waals surface area contributed by atoms with E-state index in [1.165, 1.54) is 11.4 Å². The number of nitrogens with zero attached hydrogens (tertiary/aromatic N) is 2. The summed E-state index contributed by atoms with van der Waals surface area (Å²) in [6.45, 7) is 10.9. The fourth-order valence-electron chi connectivity index (χ4n) is 4.64. The van der Waals surface area contributed by atoms with E-state index in [0.717, 1.165) is 39.5 Å². The van der Waals surface area contributed by atoms with Gasteiger partial charge < -0.3 is 25.0 Å². The number of aliphatic hydroxyl groups excluding tert-OH is 1. The summed E-state index contributed by atoms with van der Waals surface area (Å²) in [4.78, 5) is 2.58. The fourth-order valence-corrected chi connectivity index (χ4v) is 4.64. The maximum absolute atomic E-state index is 7.00. The number of nitrogens with one attached hydrogen (secondary N) is 2. The number of likely N-dealkylation sites (tertiary alicyclic amines) is 1. The molecule has 1 fully saturated rings. The summed E-state index contributed by atoms with van der Waals surface area (Å²) < 4.78 is 7.83. The van der Waals surface area contributed by atoms with E-state index in [2.05, 4.69) is 108 Å². The Morgan fingerprint density at radius 2 is 2.05 bits per heavy atom. The van der Waals surface area contributed by atoms with E-state index in [0.29, 0.717) is 12.1 Å². The van der Waals surface area contributed by atoms with Gasteiger partial charge in [0.1, 0.15) is 0 Å². The normalized spacial score (nSPS) is 25.0. The fraction of sp³-hybridized carbons (Fsp3) is 0.484. The molecule has 3 atom stereocenters. The van der Waals surface area contributed by atoms with Crippen LogP contribution in [0.1, 0.15) is 45.7 Å². The summed E-state index contributed by atoms with van der Waals surface area (Å²) in [5.41, 5.74) is 2.22. The van der Waals surface area contributed by atoms with Gasteiger partial charge in [-0.15, -0.1) is 0 Å². The molecule has 0 radical (unpaired) electrons. The van der Waals surface area contributed by atoms with Crippen molar-refractivity contribution in [2.45, 2.75) is 65.1 Å². The largest absolute Gasteiger partial charge is 0.400 e. The summed E-state index contributed by atoms with van der Waals surface area (Å²) >= 11 is 0. The van der Waals surface area contributed by atoms with Crippen LogP contribution in [0, 0.1) is 24.2 Å². The molecular weight excluding hydrogens is 460 g/mol. The van der Waals surface area contributed by atoms with Crippen LogP contribution in [0.25, 0.3) is 6.20 Å². The molecule has 0 bridgehead atoms. The number of aliphatic hydroxyl groups is 1. The number of rotatable bonds is 9. The number of methoxy groups -OCH3 is 1. The zero-order valence-electron chi connectivity index (χ0n) is 23.4. The Balaban J connectivity index is 0.00000235. The molecule has 3 rings (SSSR count). The van der Waals surface area contributed by atoms with Gasteiger partial charge >= 0.3 is 0 Å². The highest BCUT2D eigenvalue weighted by atomic mass is 16.5. The van der Waals surface area contributed by atoms with Gasteiger partial charge in [0.15, 0.2) is 0 Å². The van der Waals surface area contributed by atoms with Crippen LogP contribution in [0.4, 0.5) is 0 Å². The number of piperidine rings is 1. The van der Waals surface area contributed by atoms with Gasteiger partial charge in [0, 0.05) is 81.7 Å². The standard InChI is InChI=1S/C30H42N4O.CH4O/c1-25(24-29(35-5)13-11-21-33-20-10-12-26(33)2)32-28-14-22-34(23-15-28)27(3)30(4)16-6-8-18-31-19-9-7-17-30;1-2/h6,8-12,16,18-21,24,27-29,31-32H,13-15,22-23H2,1-5H3;2H,1H3/b16-6+,18-8-,19-9+,21-11+,25-24+;. The van der Waals surface area contributed by atoms with Crippen LogP contribution in [0.2, 0.25) is 0 Å². The van der Waals surface area contributed by atoms with Crippen molar-refractivity contribution in [3.63, 3.8) is 0 Å². The topological polar surface area (TPSA) is 61.7 Å². The van der Waals surface area contributed by atoms with Crippen LogP contribution in [-0.2, 0) is 4.74 Å². The van der Waals surface area contributed by atoms with Crippen molar-refractivity contribution in [3.8, 4) is 11.8 Å². The van der Waals surface area contributed by atoms with E-state index in [-0.39, 0.29) is 11.5 Å². The maximum atomic E-state index is 7.00. The summed E-state index contributed by atoms with van der Waals surface area (Å²) in [7, 11) is 2.78. The molecule has 6 nitrogen and oxygen atoms in total. The molecule has 37 heavy (non-hydrogen) atoms. The van der Waals surface area contributed by atoms with E-state index in [9.17, 15) is 0 Å². The Morgan fingerprint density at radius 1 is 1.30 bits per heavy atom. The molecule has 0 spiro atoms. The summed E-state index contributed by atoms with van der Waals surface area (Å²) in [6, 6.07) is 4.99. The summed E-state index contributed by atoms with van der Waals surface area (Å²) in [5, 5.41) is 13.8. The van der Waals surface area contributed by atoms with Crippen LogP contribution in [-0.4, -0.2) is 60.1 Å². The monoisotopic (exact) mass is 506 g/mol. The van der Waals surface area contributed by atoms with Gasteiger partial charge in [-0.25, -0.2) is 0 Å². The zero-order valence-corrected chi connectivity index (χ0v) is 23.4. The Labute approximate surface area is 224 Å². The Morgan fingerprint density at radius 3 is 2.73 bits per heavy atom. The maximum Gasteiger partial charge on any atom is 0.0806 e. The Bertz CT molecular complexity index is 1020. The third kappa shape index (κ3) is 9.77. The summed E-state index contributed by atoms with van der Waals surface area (Å²) in [6.07, 6.45) is 23.7. The first kappa shape index (κ1) is 30.2. The lowest BCUT2D eigenvalue weighted by Crippen LogP contribution is -2.50. The average molecular weight is 507 g/mol. The minimum Gasteiger partial charge on any atom is -0.400 e. The second kappa shape index (κ2) is 16.0. The second-order valence-electron chi connectivity index (χ2n) is 9.70. The van der Waals surface area contributed by atoms with E-state index in [4.69, 9.17) is 9.84 Å². The Hall–Kier alpha value is -2.98. The molecule has 202 valence electrons. The van der Waals surface area contributed by atoms with Crippen molar-refractivity contribution in [3.05, 3.63) is 78.6 Å². The highest BCUT2D eigenvalue weighted by Crippen LogP contribution is 2.29. The summed E-state index contributed by atoms with van der Waals surface area (Å²) in [5.74, 6) is 6.68. The molecule has 3 N–H and O–H groups in total. The molecule has 1 aromatic heterocycles. The van der Waals surface area contributed by atoms with Crippen LogP contribution in [0.5, 0.6) is 0 Å². The quantitative estimate of drug-likeness (QED) is 0.419. The third-order valence-electron chi connectivity index (χ3n) is 7.09. The van der Waals surface area contributed by atoms with Crippen molar-refractivity contribution >= 4 is 6.20 Å². The highest BCUT2D eigenvalue weighted by molar-refractivity contribution is 5.30. The van der Waals surface area contributed by atoms with Crippen LogP contribution in [0.3, 0.4) is 0 Å². The molecular formula is C31H46N4O2. The van der Waals surface area contributed by atoms with Crippen molar-refractivity contribution in [2.75, 3.05) is 27.3 Å². The molecule has 0 aliphatic carbocycles. The lowest BCUT2D eigenvalue weighted by atomic mass is 9.81. The molecule has 3 unspecified atom stereocenters. The molecule has 3 heterocycles. The van der Waals surface area contributed by atoms with Gasteiger partial charge in [-0.05, 0) is 71.2 Å². The van der Waals surface area contributed by atoms with Gasteiger partial charge in [0.25, 0.3) is 0 Å². The van der Waals surface area contributed by atoms with Gasteiger partial charge in [-0.2, -0.15) is 0 Å². The Kier molecular flexibility index (Phi) is 13.1. The molecule has 1 aromatic rings. The van der Waals surface area contributed by atoms with Gasteiger partial charge in [-0.1, -0.05) is 30.1 Å². The van der Waals surface area contributed by atoms with Gasteiger partial charge in [0.05, 0.1) is 11.5 Å². The highest BCUT2D eigenvalue weighted by Gasteiger charge is 2.33. The third-order valence-corrected chi connectivity index (χ3v) is 7.09. The van der Waals surface area contributed by atoms with E-state index in [1.54, 1.807) is 7.11 Å². The van der Waals surface area contributed by atoms with Crippen molar-refractivity contribution < 1.29 is 9.84 Å². The number of ether oxygens (including phenoxy) is 1. The first-order valence-corrected chi connectivity index (χ1v) is 13.2. The minimum atomic E-state index is -0.194. The molecule has 2 aliphatic heterocycles. The number of hydrogen-bond donors (Lipinski definition) is 3. The molecule has 1 saturated heterocycles. The number of aryl methyl sites for hydroxylation is 1. The smallest absolute Gasteiger partial charge is 0.0806 e. The molecule has 0 amide bonds. The molecule has 2 aliphatic rings. The average Bonchev–Trinajstić information content (AvgIpc) is 3.32. The SMILES string of the molecule is CO.COC(/C=C(\C)NC1CCN(C(C)C2(C)C#C/C=C/N/C=C\C=C\2)CC1)C/C=C/n1cccc1C.